The molecule has 4 aromatic rings. The van der Waals surface area contributed by atoms with Crippen molar-refractivity contribution in [3.63, 3.8) is 0 Å². The Bertz CT molecular complexity index is 1610. The summed E-state index contributed by atoms with van der Waals surface area (Å²) in [6, 6.07) is 9.76. The number of imidazole rings is 1. The van der Waals surface area contributed by atoms with Gasteiger partial charge in [-0.3, -0.25) is 9.69 Å². The number of ether oxygens (including phenoxy) is 1. The van der Waals surface area contributed by atoms with Crippen molar-refractivity contribution in [2.75, 3.05) is 12.4 Å². The monoisotopic (exact) mass is 559 g/mol. The Hall–Kier alpha value is -3.18. The number of nitrogens with two attached hydrogens (primary N) is 1. The molecular formula is C25H23Cl2N5O4S. The van der Waals surface area contributed by atoms with Gasteiger partial charge < -0.3 is 15.0 Å². The van der Waals surface area contributed by atoms with Gasteiger partial charge in [-0.2, -0.15) is 0 Å². The summed E-state index contributed by atoms with van der Waals surface area (Å²) in [5.74, 6) is -0.424. The number of hydrogen-bond acceptors (Lipinski definition) is 7. The first-order valence-electron chi connectivity index (χ1n) is 11.4. The molecule has 2 aromatic heterocycles. The van der Waals surface area contributed by atoms with E-state index in [0.29, 0.717) is 29.8 Å². The van der Waals surface area contributed by atoms with Crippen molar-refractivity contribution in [1.29, 1.82) is 0 Å². The molecule has 1 amide bonds. The number of pyridine rings is 1. The molecule has 3 heterocycles. The van der Waals surface area contributed by atoms with Crippen LogP contribution >= 0.6 is 23.2 Å². The van der Waals surface area contributed by atoms with Crippen LogP contribution in [0.15, 0.2) is 60.0 Å². The number of benzene rings is 2. The fraction of sp³-hybridized carbons (Fsp3) is 0.240. The van der Waals surface area contributed by atoms with Crippen LogP contribution in [0.5, 0.6) is 5.75 Å². The summed E-state index contributed by atoms with van der Waals surface area (Å²) >= 11 is 13.0. The lowest BCUT2D eigenvalue weighted by Crippen LogP contribution is -2.56. The van der Waals surface area contributed by atoms with E-state index in [4.69, 9.17) is 33.7 Å². The molecule has 0 saturated carbocycles. The highest BCUT2D eigenvalue weighted by atomic mass is 35.5. The number of halogens is 2. The molecule has 1 unspecified atom stereocenters. The summed E-state index contributed by atoms with van der Waals surface area (Å²) < 4.78 is 34.3. The first-order valence-corrected chi connectivity index (χ1v) is 13.8. The van der Waals surface area contributed by atoms with E-state index in [9.17, 15) is 13.2 Å². The smallest absolute Gasteiger partial charge is 0.234 e. The molecule has 5 rings (SSSR count). The number of carbonyl (C=O) groups excluding carboxylic acids is 1. The maximum atomic E-state index is 13.1. The SMILES string of the molecule is Cc1cc(-n2ccnc2)c2cccc(OCc3c(Cl)ccc(S(=O)(=O)CN4CCC4C(N)=O)c3Cl)c2n1. The Morgan fingerprint density at radius 2 is 2.05 bits per heavy atom. The van der Waals surface area contributed by atoms with Gasteiger partial charge in [0.1, 0.15) is 23.7 Å². The van der Waals surface area contributed by atoms with E-state index < -0.39 is 21.8 Å². The number of aromatic nitrogens is 3. The van der Waals surface area contributed by atoms with E-state index in [2.05, 4.69) is 9.97 Å². The van der Waals surface area contributed by atoms with Crippen molar-refractivity contribution in [2.24, 2.45) is 5.73 Å². The molecule has 2 N–H and O–H groups in total. The van der Waals surface area contributed by atoms with Crippen molar-refractivity contribution >= 4 is 49.8 Å². The van der Waals surface area contributed by atoms with E-state index in [-0.39, 0.29) is 27.4 Å². The maximum Gasteiger partial charge on any atom is 0.234 e. The number of para-hydroxylation sites is 1. The largest absolute Gasteiger partial charge is 0.487 e. The fourth-order valence-electron chi connectivity index (χ4n) is 4.36. The zero-order chi connectivity index (χ0) is 26.3. The average Bonchev–Trinajstić information content (AvgIpc) is 3.36. The van der Waals surface area contributed by atoms with Crippen LogP contribution in [-0.2, 0) is 21.2 Å². The molecule has 1 atom stereocenters. The maximum absolute atomic E-state index is 13.1. The molecule has 0 spiro atoms. The van der Waals surface area contributed by atoms with Gasteiger partial charge >= 0.3 is 0 Å². The van der Waals surface area contributed by atoms with E-state index >= 15 is 0 Å². The van der Waals surface area contributed by atoms with Gasteiger partial charge in [0.05, 0.1) is 28.0 Å². The van der Waals surface area contributed by atoms with Crippen LogP contribution in [0.3, 0.4) is 0 Å². The number of hydrogen-bond donors (Lipinski definition) is 1. The zero-order valence-electron chi connectivity index (χ0n) is 19.8. The summed E-state index contributed by atoms with van der Waals surface area (Å²) in [4.78, 5) is 21.7. The van der Waals surface area contributed by atoms with Crippen LogP contribution in [0.1, 0.15) is 17.7 Å². The number of amides is 1. The Kier molecular flexibility index (Phi) is 6.84. The Morgan fingerprint density at radius 3 is 2.73 bits per heavy atom. The number of likely N-dealkylation sites (tertiary alicyclic amines) is 1. The highest BCUT2D eigenvalue weighted by molar-refractivity contribution is 7.91. The van der Waals surface area contributed by atoms with Gasteiger partial charge in [0.25, 0.3) is 0 Å². The Balaban J connectivity index is 1.45. The topological polar surface area (TPSA) is 120 Å². The first kappa shape index (κ1) is 25.5. The van der Waals surface area contributed by atoms with Crippen molar-refractivity contribution in [3.8, 4) is 11.4 Å². The molecular weight excluding hydrogens is 537 g/mol. The molecule has 1 saturated heterocycles. The second-order valence-corrected chi connectivity index (χ2v) is 11.5. The minimum Gasteiger partial charge on any atom is -0.487 e. The fourth-order valence-corrected chi connectivity index (χ4v) is 6.75. The van der Waals surface area contributed by atoms with E-state index in [1.807, 2.05) is 35.9 Å². The van der Waals surface area contributed by atoms with E-state index in [1.54, 1.807) is 18.6 Å². The second kappa shape index (κ2) is 9.94. The second-order valence-electron chi connectivity index (χ2n) is 8.79. The third kappa shape index (κ3) is 4.89. The minimum absolute atomic E-state index is 0.0212. The highest BCUT2D eigenvalue weighted by Crippen LogP contribution is 2.35. The predicted molar refractivity (Wildman–Crippen MR) is 141 cm³/mol. The molecule has 1 fully saturated rings. The van der Waals surface area contributed by atoms with Gasteiger partial charge in [0, 0.05) is 40.6 Å². The molecule has 0 bridgehead atoms. The summed E-state index contributed by atoms with van der Waals surface area (Å²) in [6.07, 6.45) is 5.78. The molecule has 9 nitrogen and oxygen atoms in total. The molecule has 0 radical (unpaired) electrons. The average molecular weight is 560 g/mol. The van der Waals surface area contributed by atoms with Crippen molar-refractivity contribution in [1.82, 2.24) is 19.4 Å². The van der Waals surface area contributed by atoms with Gasteiger partial charge in [-0.25, -0.2) is 18.4 Å². The first-order chi connectivity index (χ1) is 17.7. The predicted octanol–water partition coefficient (Wildman–Crippen LogP) is 3.91. The summed E-state index contributed by atoms with van der Waals surface area (Å²) in [6.45, 7) is 2.27. The summed E-state index contributed by atoms with van der Waals surface area (Å²) in [7, 11) is -3.86. The lowest BCUT2D eigenvalue weighted by atomic mass is 10.0. The van der Waals surface area contributed by atoms with Gasteiger partial charge in [-0.1, -0.05) is 35.3 Å². The normalized spacial score (nSPS) is 16.0. The lowest BCUT2D eigenvalue weighted by Gasteiger charge is -2.38. The van der Waals surface area contributed by atoms with Crippen LogP contribution in [-0.4, -0.2) is 52.2 Å². The molecule has 192 valence electrons. The summed E-state index contributed by atoms with van der Waals surface area (Å²) in [5.41, 5.74) is 8.01. The molecule has 1 aliphatic heterocycles. The van der Waals surface area contributed by atoms with Crippen LogP contribution < -0.4 is 10.5 Å². The number of rotatable bonds is 8. The third-order valence-electron chi connectivity index (χ3n) is 6.34. The number of primary amides is 1. The molecule has 0 aliphatic carbocycles. The molecule has 2 aromatic carbocycles. The zero-order valence-corrected chi connectivity index (χ0v) is 22.1. The number of aryl methyl sites for hydroxylation is 1. The van der Waals surface area contributed by atoms with Crippen molar-refractivity contribution < 1.29 is 17.9 Å². The number of fused-ring (bicyclic) bond motifs is 1. The van der Waals surface area contributed by atoms with Crippen LogP contribution in [0.4, 0.5) is 0 Å². The number of sulfone groups is 1. The molecule has 37 heavy (non-hydrogen) atoms. The van der Waals surface area contributed by atoms with Crippen molar-refractivity contribution in [3.05, 3.63) is 76.4 Å². The van der Waals surface area contributed by atoms with Crippen LogP contribution in [0, 0.1) is 6.92 Å². The van der Waals surface area contributed by atoms with E-state index in [1.165, 1.54) is 17.0 Å². The number of carbonyl (C=O) groups is 1. The molecule has 12 heteroatoms. The van der Waals surface area contributed by atoms with Crippen molar-refractivity contribution in [2.45, 2.75) is 30.9 Å². The van der Waals surface area contributed by atoms with Gasteiger partial charge in [0.2, 0.25) is 5.91 Å². The quantitative estimate of drug-likeness (QED) is 0.347. The number of nitrogens with zero attached hydrogens (tertiary/aromatic N) is 4. The highest BCUT2D eigenvalue weighted by Gasteiger charge is 2.36. The Morgan fingerprint density at radius 1 is 1.24 bits per heavy atom. The van der Waals surface area contributed by atoms with Gasteiger partial charge in [0.15, 0.2) is 9.84 Å². The third-order valence-corrected chi connectivity index (χ3v) is 8.92. The summed E-state index contributed by atoms with van der Waals surface area (Å²) in [5, 5.41) is 1.10. The minimum atomic E-state index is -3.86. The lowest BCUT2D eigenvalue weighted by molar-refractivity contribution is -0.126. The van der Waals surface area contributed by atoms with E-state index in [0.717, 1.165) is 16.8 Å². The Labute approximate surface area is 223 Å². The van der Waals surface area contributed by atoms with Gasteiger partial charge in [-0.15, -0.1) is 0 Å². The van der Waals surface area contributed by atoms with Crippen LogP contribution in [0.25, 0.3) is 16.6 Å². The van der Waals surface area contributed by atoms with Gasteiger partial charge in [-0.05, 0) is 37.6 Å². The molecule has 1 aliphatic rings. The standard InChI is InChI=1S/C25H23Cl2N5O4S/c1-15-11-20(31-10-8-29-13-31)16-3-2-4-21(24(16)30-15)36-12-17-18(26)5-6-22(23(17)27)37(34,35)14-32-9-7-19(32)25(28)33/h2-6,8,10-11,13,19H,7,9,12,14H2,1H3,(H2,28,33). The van der Waals surface area contributed by atoms with Crippen LogP contribution in [0.2, 0.25) is 10.0 Å².